The zero-order valence-electron chi connectivity index (χ0n) is 10.9. The summed E-state index contributed by atoms with van der Waals surface area (Å²) in [6.07, 6.45) is 7.90. The molecule has 0 radical (unpaired) electrons. The lowest BCUT2D eigenvalue weighted by Gasteiger charge is -2.26. The summed E-state index contributed by atoms with van der Waals surface area (Å²) in [7, 11) is 0. The smallest absolute Gasteiger partial charge is 0.141 e. The monoisotopic (exact) mass is 260 g/mol. The average molecular weight is 260 g/mol. The third-order valence-corrected chi connectivity index (χ3v) is 3.73. The van der Waals surface area contributed by atoms with Gasteiger partial charge in [-0.1, -0.05) is 0 Å². The molecule has 0 spiro atoms. The number of fused-ring (bicyclic) bond motifs is 1. The van der Waals surface area contributed by atoms with Crippen molar-refractivity contribution >= 4 is 0 Å². The first-order chi connectivity index (χ1) is 9.24. The van der Waals surface area contributed by atoms with Gasteiger partial charge in [0, 0.05) is 30.3 Å². The molecule has 4 heteroatoms. The van der Waals surface area contributed by atoms with E-state index in [1.165, 1.54) is 17.8 Å². The zero-order chi connectivity index (χ0) is 13.2. The van der Waals surface area contributed by atoms with Gasteiger partial charge in [-0.3, -0.25) is 4.98 Å². The predicted octanol–water partition coefficient (Wildman–Crippen LogP) is 3.54. The van der Waals surface area contributed by atoms with Crippen molar-refractivity contribution in [1.29, 1.82) is 0 Å². The van der Waals surface area contributed by atoms with Crippen LogP contribution in [0.15, 0.2) is 35.2 Å². The lowest BCUT2D eigenvalue weighted by Crippen LogP contribution is -2.27. The zero-order valence-corrected chi connectivity index (χ0v) is 10.9. The van der Waals surface area contributed by atoms with Crippen LogP contribution >= 0.6 is 0 Å². The van der Waals surface area contributed by atoms with Crippen molar-refractivity contribution < 1.29 is 8.81 Å². The van der Waals surface area contributed by atoms with E-state index < -0.39 is 0 Å². The van der Waals surface area contributed by atoms with Crippen LogP contribution in [0.25, 0.3) is 0 Å². The van der Waals surface area contributed by atoms with Gasteiger partial charge in [-0.2, -0.15) is 0 Å². The van der Waals surface area contributed by atoms with Crippen LogP contribution in [0.2, 0.25) is 0 Å². The molecule has 0 saturated carbocycles. The number of aromatic nitrogens is 1. The second-order valence-electron chi connectivity index (χ2n) is 5.07. The first-order valence-corrected chi connectivity index (χ1v) is 6.67. The molecule has 3 rings (SSSR count). The highest BCUT2D eigenvalue weighted by molar-refractivity contribution is 5.25. The van der Waals surface area contributed by atoms with E-state index in [1.54, 1.807) is 12.5 Å². The second kappa shape index (κ2) is 5.13. The van der Waals surface area contributed by atoms with Gasteiger partial charge in [0.25, 0.3) is 0 Å². The minimum atomic E-state index is -0.293. The van der Waals surface area contributed by atoms with Gasteiger partial charge < -0.3 is 9.73 Å². The molecule has 0 aliphatic heterocycles. The Hall–Kier alpha value is -1.68. The molecular formula is C15H17FN2O. The third-order valence-electron chi connectivity index (χ3n) is 3.73. The molecule has 1 N–H and O–H groups in total. The maximum atomic E-state index is 13.2. The van der Waals surface area contributed by atoms with E-state index in [9.17, 15) is 4.39 Å². The van der Waals surface area contributed by atoms with Crippen molar-refractivity contribution in [2.24, 2.45) is 0 Å². The van der Waals surface area contributed by atoms with E-state index in [4.69, 9.17) is 4.42 Å². The van der Waals surface area contributed by atoms with E-state index in [-0.39, 0.29) is 17.9 Å². The Morgan fingerprint density at radius 1 is 1.47 bits per heavy atom. The van der Waals surface area contributed by atoms with Crippen LogP contribution in [-0.2, 0) is 6.42 Å². The lowest BCUT2D eigenvalue weighted by atomic mass is 9.92. The predicted molar refractivity (Wildman–Crippen MR) is 70.1 cm³/mol. The van der Waals surface area contributed by atoms with E-state index in [0.29, 0.717) is 0 Å². The molecule has 1 aliphatic carbocycles. The largest absolute Gasteiger partial charge is 0.469 e. The Balaban J connectivity index is 1.76. The van der Waals surface area contributed by atoms with Gasteiger partial charge in [0.1, 0.15) is 11.6 Å². The first kappa shape index (κ1) is 12.4. The molecule has 0 aromatic carbocycles. The maximum Gasteiger partial charge on any atom is 0.141 e. The third kappa shape index (κ3) is 2.54. The Labute approximate surface area is 111 Å². The van der Waals surface area contributed by atoms with Crippen molar-refractivity contribution in [3.8, 4) is 0 Å². The van der Waals surface area contributed by atoms with Crippen LogP contribution in [0.4, 0.5) is 4.39 Å². The van der Waals surface area contributed by atoms with Crippen LogP contribution in [0, 0.1) is 5.82 Å². The molecule has 0 saturated heterocycles. The van der Waals surface area contributed by atoms with Crippen molar-refractivity contribution in [1.82, 2.24) is 10.3 Å². The minimum absolute atomic E-state index is 0.0639. The Morgan fingerprint density at radius 2 is 2.37 bits per heavy atom. The number of aryl methyl sites for hydroxylation is 1. The van der Waals surface area contributed by atoms with Gasteiger partial charge in [-0.25, -0.2) is 4.39 Å². The van der Waals surface area contributed by atoms with Gasteiger partial charge in [-0.15, -0.1) is 0 Å². The van der Waals surface area contributed by atoms with E-state index in [0.717, 1.165) is 30.6 Å². The molecule has 2 unspecified atom stereocenters. The van der Waals surface area contributed by atoms with Crippen LogP contribution in [0.1, 0.15) is 48.7 Å². The molecule has 0 fully saturated rings. The van der Waals surface area contributed by atoms with Gasteiger partial charge in [-0.05, 0) is 37.5 Å². The summed E-state index contributed by atoms with van der Waals surface area (Å²) in [6, 6.07) is 3.90. The lowest BCUT2D eigenvalue weighted by molar-refractivity contribution is 0.385. The summed E-state index contributed by atoms with van der Waals surface area (Å²) in [5.41, 5.74) is 2.11. The molecule has 2 heterocycles. The minimum Gasteiger partial charge on any atom is -0.469 e. The fourth-order valence-electron chi connectivity index (χ4n) is 2.72. The fraction of sp³-hybridized carbons (Fsp3) is 0.400. The number of halogens is 1. The standard InChI is InChI=1S/C15H17FN2O/c1-10(11-7-12(16)9-17-8-11)18-14-3-2-4-15-13(14)5-6-19-15/h5-10,14,18H,2-4H2,1H3. The van der Waals surface area contributed by atoms with Crippen LogP contribution in [0.5, 0.6) is 0 Å². The summed E-state index contributed by atoms with van der Waals surface area (Å²) in [5, 5.41) is 3.54. The number of rotatable bonds is 3. The maximum absolute atomic E-state index is 13.2. The highest BCUT2D eigenvalue weighted by Gasteiger charge is 2.24. The van der Waals surface area contributed by atoms with Crippen LogP contribution in [0.3, 0.4) is 0 Å². The number of furan rings is 1. The van der Waals surface area contributed by atoms with E-state index in [2.05, 4.69) is 10.3 Å². The molecule has 2 aromatic rings. The number of nitrogens with zero attached hydrogens (tertiary/aromatic N) is 1. The van der Waals surface area contributed by atoms with Crippen molar-refractivity contribution in [2.75, 3.05) is 0 Å². The molecule has 2 atom stereocenters. The van der Waals surface area contributed by atoms with E-state index in [1.807, 2.05) is 13.0 Å². The molecule has 100 valence electrons. The summed E-state index contributed by atoms with van der Waals surface area (Å²) in [4.78, 5) is 3.90. The summed E-state index contributed by atoms with van der Waals surface area (Å²) < 4.78 is 18.7. The highest BCUT2D eigenvalue weighted by Crippen LogP contribution is 2.32. The molecule has 2 aromatic heterocycles. The normalized spacial score (nSPS) is 20.0. The fourth-order valence-corrected chi connectivity index (χ4v) is 2.72. The molecule has 19 heavy (non-hydrogen) atoms. The Kier molecular flexibility index (Phi) is 3.34. The molecule has 3 nitrogen and oxygen atoms in total. The Morgan fingerprint density at radius 3 is 3.21 bits per heavy atom. The molecule has 0 amide bonds. The quantitative estimate of drug-likeness (QED) is 0.917. The second-order valence-corrected chi connectivity index (χ2v) is 5.07. The number of hydrogen-bond acceptors (Lipinski definition) is 3. The highest BCUT2D eigenvalue weighted by atomic mass is 19.1. The van der Waals surface area contributed by atoms with Gasteiger partial charge in [0.2, 0.25) is 0 Å². The van der Waals surface area contributed by atoms with Crippen molar-refractivity contribution in [3.63, 3.8) is 0 Å². The number of pyridine rings is 1. The van der Waals surface area contributed by atoms with Crippen molar-refractivity contribution in [2.45, 2.75) is 38.3 Å². The SMILES string of the molecule is CC(NC1CCCc2occc21)c1cncc(F)c1. The summed E-state index contributed by atoms with van der Waals surface area (Å²) >= 11 is 0. The van der Waals surface area contributed by atoms with E-state index >= 15 is 0 Å². The summed E-state index contributed by atoms with van der Waals surface area (Å²) in [6.45, 7) is 2.03. The van der Waals surface area contributed by atoms with Gasteiger partial charge >= 0.3 is 0 Å². The number of hydrogen-bond donors (Lipinski definition) is 1. The number of nitrogens with one attached hydrogen (secondary N) is 1. The van der Waals surface area contributed by atoms with Crippen molar-refractivity contribution in [3.05, 3.63) is 53.5 Å². The van der Waals surface area contributed by atoms with Gasteiger partial charge in [0.05, 0.1) is 12.5 Å². The molecule has 0 bridgehead atoms. The van der Waals surface area contributed by atoms with Gasteiger partial charge in [0.15, 0.2) is 0 Å². The summed E-state index contributed by atoms with van der Waals surface area (Å²) in [5.74, 6) is 0.784. The topological polar surface area (TPSA) is 38.1 Å². The molecule has 1 aliphatic rings. The average Bonchev–Trinajstić information content (AvgIpc) is 2.88. The first-order valence-electron chi connectivity index (χ1n) is 6.67. The Bertz CT molecular complexity index is 567. The molecular weight excluding hydrogens is 243 g/mol. The van der Waals surface area contributed by atoms with Crippen LogP contribution in [-0.4, -0.2) is 4.98 Å². The van der Waals surface area contributed by atoms with Crippen LogP contribution < -0.4 is 5.32 Å².